The number of nitrogens with one attached hydrogen (secondary N) is 1. The maximum absolute atomic E-state index is 12.4. The predicted molar refractivity (Wildman–Crippen MR) is 146 cm³/mol. The van der Waals surface area contributed by atoms with Gasteiger partial charge in [-0.25, -0.2) is 4.99 Å². The average Bonchev–Trinajstić information content (AvgIpc) is 3.14. The van der Waals surface area contributed by atoms with Gasteiger partial charge in [0, 0.05) is 8.04 Å². The number of rotatable bonds is 6. The van der Waals surface area contributed by atoms with Crippen LogP contribution in [0.15, 0.2) is 75.0 Å². The van der Waals surface area contributed by atoms with E-state index >= 15 is 0 Å². The standard InChI is InChI=1S/C24H17BrClIN2O3S/c1-31-21-10-15(4-9-20(21)32-13-14-2-5-16(27)6-3-14)11-22-23(30)29-24(33-22)28-17-7-8-18(25)19(26)12-17/h2-12H,13H2,1H3,(H,28,29,30)/b22-11-. The molecule has 0 saturated carbocycles. The van der Waals surface area contributed by atoms with Crippen LogP contribution in [-0.4, -0.2) is 18.2 Å². The Morgan fingerprint density at radius 3 is 2.64 bits per heavy atom. The number of carbonyl (C=O) groups is 1. The molecule has 1 saturated heterocycles. The van der Waals surface area contributed by atoms with E-state index in [-0.39, 0.29) is 5.91 Å². The molecule has 1 aliphatic heterocycles. The molecule has 33 heavy (non-hydrogen) atoms. The number of nitrogens with zero attached hydrogens (tertiary/aromatic N) is 1. The van der Waals surface area contributed by atoms with Crippen LogP contribution in [0, 0.1) is 3.57 Å². The smallest absolute Gasteiger partial charge is 0.264 e. The van der Waals surface area contributed by atoms with E-state index in [1.807, 2.05) is 54.6 Å². The summed E-state index contributed by atoms with van der Waals surface area (Å²) in [6.07, 6.45) is 1.79. The van der Waals surface area contributed by atoms with Crippen molar-refractivity contribution in [3.63, 3.8) is 0 Å². The molecule has 0 unspecified atom stereocenters. The van der Waals surface area contributed by atoms with E-state index in [2.05, 4.69) is 48.8 Å². The highest BCUT2D eigenvalue weighted by molar-refractivity contribution is 14.1. The summed E-state index contributed by atoms with van der Waals surface area (Å²) in [6.45, 7) is 0.436. The molecule has 1 aliphatic rings. The maximum Gasteiger partial charge on any atom is 0.264 e. The fraction of sp³-hybridized carbons (Fsp3) is 0.0833. The van der Waals surface area contributed by atoms with Gasteiger partial charge < -0.3 is 14.8 Å². The van der Waals surface area contributed by atoms with E-state index in [0.29, 0.717) is 38.9 Å². The maximum atomic E-state index is 12.4. The van der Waals surface area contributed by atoms with E-state index in [9.17, 15) is 4.79 Å². The zero-order valence-corrected chi connectivity index (χ0v) is 22.6. The zero-order chi connectivity index (χ0) is 23.4. The summed E-state index contributed by atoms with van der Waals surface area (Å²) in [5, 5.41) is 3.83. The molecular weight excluding hydrogens is 639 g/mol. The van der Waals surface area contributed by atoms with Crippen LogP contribution in [-0.2, 0) is 11.4 Å². The lowest BCUT2D eigenvalue weighted by molar-refractivity contribution is -0.115. The van der Waals surface area contributed by atoms with Crippen LogP contribution in [0.1, 0.15) is 11.1 Å². The Balaban J connectivity index is 1.48. The zero-order valence-electron chi connectivity index (χ0n) is 17.3. The van der Waals surface area contributed by atoms with E-state index in [1.165, 1.54) is 15.3 Å². The topological polar surface area (TPSA) is 59.9 Å². The molecule has 1 N–H and O–H groups in total. The molecule has 0 aliphatic carbocycles. The lowest BCUT2D eigenvalue weighted by Crippen LogP contribution is -2.19. The first-order valence-corrected chi connectivity index (χ1v) is 12.8. The third kappa shape index (κ3) is 6.32. The number of methoxy groups -OCH3 is 1. The Hall–Kier alpha value is -2.01. The number of halogens is 3. The van der Waals surface area contributed by atoms with Gasteiger partial charge in [-0.1, -0.05) is 29.8 Å². The van der Waals surface area contributed by atoms with Gasteiger partial charge in [0.1, 0.15) is 6.61 Å². The molecule has 1 amide bonds. The van der Waals surface area contributed by atoms with Gasteiger partial charge in [-0.15, -0.1) is 0 Å². The highest BCUT2D eigenvalue weighted by Gasteiger charge is 2.24. The molecule has 9 heteroatoms. The minimum absolute atomic E-state index is 0.208. The Morgan fingerprint density at radius 1 is 1.12 bits per heavy atom. The van der Waals surface area contributed by atoms with Crippen molar-refractivity contribution in [3.8, 4) is 11.5 Å². The van der Waals surface area contributed by atoms with E-state index < -0.39 is 0 Å². The first-order chi connectivity index (χ1) is 15.9. The molecule has 1 heterocycles. The monoisotopic (exact) mass is 654 g/mol. The number of carbonyl (C=O) groups excluding carboxylic acids is 1. The molecule has 4 rings (SSSR count). The van der Waals surface area contributed by atoms with Gasteiger partial charge in [-0.3, -0.25) is 4.79 Å². The van der Waals surface area contributed by atoms with Gasteiger partial charge in [0.2, 0.25) is 0 Å². The van der Waals surface area contributed by atoms with Gasteiger partial charge in [0.05, 0.1) is 22.7 Å². The van der Waals surface area contributed by atoms with Crippen molar-refractivity contribution in [2.75, 3.05) is 7.11 Å². The lowest BCUT2D eigenvalue weighted by atomic mass is 10.2. The van der Waals surface area contributed by atoms with E-state index in [4.69, 9.17) is 21.1 Å². The Morgan fingerprint density at radius 2 is 1.91 bits per heavy atom. The van der Waals surface area contributed by atoms with Crippen molar-refractivity contribution >= 4 is 84.7 Å². The van der Waals surface area contributed by atoms with Crippen LogP contribution >= 0.6 is 61.9 Å². The van der Waals surface area contributed by atoms with Gasteiger partial charge in [-0.2, -0.15) is 0 Å². The van der Waals surface area contributed by atoms with Crippen LogP contribution in [0.2, 0.25) is 5.02 Å². The molecule has 0 atom stereocenters. The minimum atomic E-state index is -0.208. The lowest BCUT2D eigenvalue weighted by Gasteiger charge is -2.11. The summed E-state index contributed by atoms with van der Waals surface area (Å²) < 4.78 is 13.4. The quantitative estimate of drug-likeness (QED) is 0.226. The van der Waals surface area contributed by atoms with Crippen LogP contribution in [0.4, 0.5) is 5.69 Å². The summed E-state index contributed by atoms with van der Waals surface area (Å²) in [5.74, 6) is 1.02. The van der Waals surface area contributed by atoms with Crippen molar-refractivity contribution in [2.45, 2.75) is 6.61 Å². The highest BCUT2D eigenvalue weighted by Crippen LogP contribution is 2.33. The Bertz CT molecular complexity index is 1270. The molecular formula is C24H17BrClIN2O3S. The normalized spacial score (nSPS) is 15.7. The minimum Gasteiger partial charge on any atom is -0.493 e. The fourth-order valence-corrected chi connectivity index (χ4v) is 4.56. The van der Waals surface area contributed by atoms with Crippen molar-refractivity contribution in [3.05, 3.63) is 89.8 Å². The summed E-state index contributed by atoms with van der Waals surface area (Å²) >= 11 is 13.0. The SMILES string of the molecule is COc1cc(/C=C2\SC(=Nc3ccc(Br)c(Cl)c3)NC2=O)ccc1OCc1ccc(I)cc1. The summed E-state index contributed by atoms with van der Waals surface area (Å²) in [6, 6.07) is 19.1. The predicted octanol–water partition coefficient (Wildman–Crippen LogP) is 7.19. The Labute approximate surface area is 222 Å². The van der Waals surface area contributed by atoms with Crippen LogP contribution in [0.3, 0.4) is 0 Å². The largest absolute Gasteiger partial charge is 0.493 e. The first kappa shape index (κ1) is 24.1. The highest BCUT2D eigenvalue weighted by atomic mass is 127. The van der Waals surface area contributed by atoms with Crippen molar-refractivity contribution in [1.29, 1.82) is 0 Å². The number of thioether (sulfide) groups is 1. The molecule has 5 nitrogen and oxygen atoms in total. The van der Waals surface area contributed by atoms with Crippen LogP contribution in [0.25, 0.3) is 6.08 Å². The first-order valence-electron chi connectivity index (χ1n) is 9.71. The molecule has 0 spiro atoms. The number of benzene rings is 3. The molecule has 0 radical (unpaired) electrons. The number of ether oxygens (including phenoxy) is 2. The number of hydrogen-bond donors (Lipinski definition) is 1. The van der Waals surface area contributed by atoms with E-state index in [0.717, 1.165) is 15.6 Å². The number of amides is 1. The van der Waals surface area contributed by atoms with E-state index in [1.54, 1.807) is 19.3 Å². The molecule has 1 fully saturated rings. The second-order valence-corrected chi connectivity index (χ2v) is 10.4. The second kappa shape index (κ2) is 10.9. The molecule has 0 aromatic heterocycles. The van der Waals surface area contributed by atoms with Gasteiger partial charge in [-0.05, 0) is 110 Å². The molecule has 3 aromatic carbocycles. The number of amidine groups is 1. The van der Waals surface area contributed by atoms with Crippen LogP contribution < -0.4 is 14.8 Å². The summed E-state index contributed by atoms with van der Waals surface area (Å²) in [4.78, 5) is 17.4. The van der Waals surface area contributed by atoms with Gasteiger partial charge in [0.15, 0.2) is 16.7 Å². The van der Waals surface area contributed by atoms with Gasteiger partial charge >= 0.3 is 0 Å². The fourth-order valence-electron chi connectivity index (χ4n) is 2.94. The van der Waals surface area contributed by atoms with Crippen molar-refractivity contribution < 1.29 is 14.3 Å². The number of aliphatic imine (C=N–C) groups is 1. The van der Waals surface area contributed by atoms with Crippen molar-refractivity contribution in [2.24, 2.45) is 4.99 Å². The second-order valence-electron chi connectivity index (χ2n) is 6.91. The summed E-state index contributed by atoms with van der Waals surface area (Å²) in [5.41, 5.74) is 2.55. The van der Waals surface area contributed by atoms with Crippen molar-refractivity contribution in [1.82, 2.24) is 5.32 Å². The Kier molecular flexibility index (Phi) is 8.00. The van der Waals surface area contributed by atoms with Gasteiger partial charge in [0.25, 0.3) is 5.91 Å². The van der Waals surface area contributed by atoms with Crippen LogP contribution in [0.5, 0.6) is 11.5 Å². The third-order valence-electron chi connectivity index (χ3n) is 4.58. The average molecular weight is 656 g/mol. The summed E-state index contributed by atoms with van der Waals surface area (Å²) in [7, 11) is 1.59. The molecule has 168 valence electrons. The number of hydrogen-bond acceptors (Lipinski definition) is 5. The molecule has 3 aromatic rings. The molecule has 0 bridgehead atoms. The third-order valence-corrected chi connectivity index (χ3v) is 7.44.